The summed E-state index contributed by atoms with van der Waals surface area (Å²) >= 11 is 0. The van der Waals surface area contributed by atoms with Crippen molar-refractivity contribution >= 4 is 58.3 Å². The van der Waals surface area contributed by atoms with Crippen LogP contribution >= 0.6 is 0 Å². The van der Waals surface area contributed by atoms with Crippen LogP contribution in [-0.4, -0.2) is 45.4 Å². The minimum absolute atomic E-state index is 0.216. The molecule has 0 aromatic heterocycles. The van der Waals surface area contributed by atoms with Crippen molar-refractivity contribution in [3.8, 4) is 0 Å². The van der Waals surface area contributed by atoms with Gasteiger partial charge in [0.1, 0.15) is 0 Å². The van der Waals surface area contributed by atoms with E-state index in [1.165, 1.54) is 42.5 Å². The Morgan fingerprint density at radius 1 is 0.423 bits per heavy atom. The molecule has 0 fully saturated rings. The third-order valence-electron chi connectivity index (χ3n) is 7.56. The number of anilines is 2. The van der Waals surface area contributed by atoms with Crippen molar-refractivity contribution < 1.29 is 48.8 Å². The van der Waals surface area contributed by atoms with Crippen LogP contribution in [-0.2, 0) is 0 Å². The molecule has 0 atom stereocenters. The number of carbonyl (C=O) groups excluding carboxylic acids is 6. The Labute approximate surface area is 291 Å². The van der Waals surface area contributed by atoms with Crippen molar-refractivity contribution in [1.82, 2.24) is 0 Å². The number of aromatic carboxylic acids is 2. The number of hydrogen-bond donors (Lipinski definition) is 0. The Kier molecular flexibility index (Phi) is 10.0. The molecular weight excluding hydrogens is 680 g/mol. The van der Waals surface area contributed by atoms with Gasteiger partial charge in [-0.2, -0.15) is 0 Å². The molecule has 5 aromatic carbocycles. The first-order valence-corrected chi connectivity index (χ1v) is 14.8. The van der Waals surface area contributed by atoms with Crippen LogP contribution in [0.3, 0.4) is 0 Å². The van der Waals surface area contributed by atoms with E-state index in [1.807, 2.05) is 0 Å². The maximum atomic E-state index is 14.1. The molecule has 0 heterocycles. The van der Waals surface area contributed by atoms with Gasteiger partial charge in [0.2, 0.25) is 0 Å². The van der Waals surface area contributed by atoms with E-state index >= 15 is 0 Å². The van der Waals surface area contributed by atoms with Gasteiger partial charge in [-0.25, -0.2) is 9.80 Å². The highest BCUT2D eigenvalue weighted by atomic mass is 16.6. The summed E-state index contributed by atoms with van der Waals surface area (Å²) in [6.45, 7) is 0. The number of benzene rings is 5. The number of imide groups is 2. The third kappa shape index (κ3) is 7.10. The van der Waals surface area contributed by atoms with E-state index in [1.54, 1.807) is 0 Å². The predicted octanol–water partition coefficient (Wildman–Crippen LogP) is 3.20. The van der Waals surface area contributed by atoms with Gasteiger partial charge < -0.3 is 19.8 Å². The Morgan fingerprint density at radius 2 is 0.750 bits per heavy atom. The molecular formula is C36H20N4O12-2. The van der Waals surface area contributed by atoms with E-state index in [9.17, 15) is 59.2 Å². The quantitative estimate of drug-likeness (QED) is 0.116. The average Bonchev–Trinajstić information content (AvgIpc) is 3.15. The molecule has 258 valence electrons. The second-order valence-corrected chi connectivity index (χ2v) is 10.7. The minimum Gasteiger partial charge on any atom is -0.545 e. The number of carboxylic acid groups (broad SMARTS) is 2. The smallest absolute Gasteiger partial charge is 0.269 e. The lowest BCUT2D eigenvalue weighted by Crippen LogP contribution is -2.40. The summed E-state index contributed by atoms with van der Waals surface area (Å²) in [5.41, 5.74) is -3.98. The normalized spacial score (nSPS) is 10.5. The summed E-state index contributed by atoms with van der Waals surface area (Å²) in [7, 11) is 0. The molecule has 4 amide bonds. The van der Waals surface area contributed by atoms with Gasteiger partial charge in [-0.05, 0) is 54.6 Å². The number of nitro groups is 2. The molecule has 0 aliphatic rings. The molecule has 5 aromatic rings. The van der Waals surface area contributed by atoms with Gasteiger partial charge in [0.05, 0.1) is 33.2 Å². The van der Waals surface area contributed by atoms with Crippen molar-refractivity contribution in [3.05, 3.63) is 175 Å². The van der Waals surface area contributed by atoms with Gasteiger partial charge in [0, 0.05) is 57.6 Å². The van der Waals surface area contributed by atoms with Gasteiger partial charge in [-0.15, -0.1) is 0 Å². The van der Waals surface area contributed by atoms with Crippen molar-refractivity contribution in [2.45, 2.75) is 0 Å². The summed E-state index contributed by atoms with van der Waals surface area (Å²) in [6, 6.07) is 22.6. The Balaban J connectivity index is 1.62. The lowest BCUT2D eigenvalue weighted by molar-refractivity contribution is -0.385. The third-order valence-corrected chi connectivity index (χ3v) is 7.56. The van der Waals surface area contributed by atoms with E-state index < -0.39 is 67.7 Å². The molecule has 5 rings (SSSR count). The number of amides is 4. The van der Waals surface area contributed by atoms with E-state index in [2.05, 4.69) is 0 Å². The van der Waals surface area contributed by atoms with Gasteiger partial charge in [0.15, 0.2) is 0 Å². The molecule has 0 aliphatic carbocycles. The molecule has 16 heteroatoms. The van der Waals surface area contributed by atoms with Crippen molar-refractivity contribution in [3.63, 3.8) is 0 Å². The molecule has 0 radical (unpaired) electrons. The van der Waals surface area contributed by atoms with Crippen molar-refractivity contribution in [1.29, 1.82) is 0 Å². The summed E-state index contributed by atoms with van der Waals surface area (Å²) < 4.78 is 0. The van der Waals surface area contributed by atoms with Gasteiger partial charge in [0.25, 0.3) is 35.0 Å². The molecule has 0 saturated carbocycles. The molecule has 0 N–H and O–H groups in total. The van der Waals surface area contributed by atoms with Crippen LogP contribution in [0.5, 0.6) is 0 Å². The molecule has 0 bridgehead atoms. The topological polar surface area (TPSA) is 241 Å². The second kappa shape index (κ2) is 14.7. The fourth-order valence-corrected chi connectivity index (χ4v) is 5.08. The summed E-state index contributed by atoms with van der Waals surface area (Å²) in [5.74, 6) is -8.06. The molecule has 52 heavy (non-hydrogen) atoms. The zero-order valence-electron chi connectivity index (χ0n) is 26.2. The number of non-ortho nitro benzene ring substituents is 2. The Bertz CT molecular complexity index is 2150. The zero-order valence-corrected chi connectivity index (χ0v) is 26.2. The highest BCUT2D eigenvalue weighted by Crippen LogP contribution is 2.28. The monoisotopic (exact) mass is 700 g/mol. The lowest BCUT2D eigenvalue weighted by Gasteiger charge is -2.24. The average molecular weight is 701 g/mol. The van der Waals surface area contributed by atoms with Crippen molar-refractivity contribution in [2.75, 3.05) is 9.80 Å². The molecule has 0 spiro atoms. The van der Waals surface area contributed by atoms with E-state index in [0.717, 1.165) is 78.9 Å². The van der Waals surface area contributed by atoms with Crippen LogP contribution in [0.1, 0.15) is 62.1 Å². The zero-order chi connectivity index (χ0) is 37.7. The summed E-state index contributed by atoms with van der Waals surface area (Å²) in [6.07, 6.45) is 0. The fourth-order valence-electron chi connectivity index (χ4n) is 5.08. The van der Waals surface area contributed by atoms with Gasteiger partial charge >= 0.3 is 0 Å². The highest BCUT2D eigenvalue weighted by molar-refractivity contribution is 6.29. The van der Waals surface area contributed by atoms with Crippen LogP contribution < -0.4 is 20.0 Å². The van der Waals surface area contributed by atoms with Crippen LogP contribution in [0, 0.1) is 20.2 Å². The van der Waals surface area contributed by atoms with Gasteiger partial charge in [-0.3, -0.25) is 39.4 Å². The fraction of sp³-hybridized carbons (Fsp3) is 0. The first kappa shape index (κ1) is 35.4. The number of nitro benzene ring substituents is 2. The molecule has 0 saturated heterocycles. The summed E-state index contributed by atoms with van der Waals surface area (Å²) in [5, 5.41) is 46.2. The van der Waals surface area contributed by atoms with E-state index in [4.69, 9.17) is 0 Å². The highest BCUT2D eigenvalue weighted by Gasteiger charge is 2.31. The number of carboxylic acids is 2. The largest absolute Gasteiger partial charge is 0.545 e. The first-order valence-electron chi connectivity index (χ1n) is 14.8. The van der Waals surface area contributed by atoms with E-state index in [0.29, 0.717) is 9.80 Å². The van der Waals surface area contributed by atoms with Crippen LogP contribution in [0.15, 0.2) is 121 Å². The SMILES string of the molecule is O=C([O-])c1ccccc1C(=O)N(C(=O)c1cccc(C(=O)N(C(=O)c2ccccc2C(=O)[O-])c2ccc([N+](=O)[O-])cc2)c1)c1ccc([N+](=O)[O-])cc1. The lowest BCUT2D eigenvalue weighted by atomic mass is 10.0. The molecule has 0 unspecified atom stereocenters. The maximum absolute atomic E-state index is 14.1. The first-order chi connectivity index (χ1) is 24.8. The maximum Gasteiger partial charge on any atom is 0.269 e. The van der Waals surface area contributed by atoms with Crippen LogP contribution in [0.4, 0.5) is 22.7 Å². The molecule has 0 aliphatic heterocycles. The number of rotatable bonds is 10. The predicted molar refractivity (Wildman–Crippen MR) is 176 cm³/mol. The minimum atomic E-state index is -1.73. The number of nitrogens with zero attached hydrogens (tertiary/aromatic N) is 4. The summed E-state index contributed by atoms with van der Waals surface area (Å²) in [4.78, 5) is 102. The van der Waals surface area contributed by atoms with Crippen LogP contribution in [0.2, 0.25) is 0 Å². The van der Waals surface area contributed by atoms with Gasteiger partial charge in [-0.1, -0.05) is 42.5 Å². The van der Waals surface area contributed by atoms with Crippen LogP contribution in [0.25, 0.3) is 0 Å². The Hall–Kier alpha value is -7.88. The molecule has 16 nitrogen and oxygen atoms in total. The second-order valence-electron chi connectivity index (χ2n) is 10.7. The van der Waals surface area contributed by atoms with Crippen molar-refractivity contribution in [2.24, 2.45) is 0 Å². The number of carbonyl (C=O) groups is 6. The standard InChI is InChI=1S/C36H22N4O12/c41-31(37(23-12-16-25(17-13-23)39(49)50)33(43)27-8-1-3-10-29(27)35(45)46)21-6-5-7-22(20-21)32(42)38(24-14-18-26(19-15-24)40(51)52)34(44)28-9-2-4-11-30(28)36(47)48/h1-20H,(H,45,46)(H,47,48)/p-2. The van der Waals surface area contributed by atoms with E-state index in [-0.39, 0.29) is 33.9 Å². The Morgan fingerprint density at radius 3 is 1.06 bits per heavy atom. The number of hydrogen-bond acceptors (Lipinski definition) is 12.